The first-order valence-electron chi connectivity index (χ1n) is 5.71. The fourth-order valence-corrected chi connectivity index (χ4v) is 2.20. The summed E-state index contributed by atoms with van der Waals surface area (Å²) in [7, 11) is 0. The minimum absolute atomic E-state index is 0.208. The van der Waals surface area contributed by atoms with E-state index in [0.29, 0.717) is 23.4 Å². The van der Waals surface area contributed by atoms with Gasteiger partial charge < -0.3 is 9.32 Å². The molecule has 94 valence electrons. The summed E-state index contributed by atoms with van der Waals surface area (Å²) in [6, 6.07) is 4.26. The third-order valence-corrected chi connectivity index (χ3v) is 3.31. The van der Waals surface area contributed by atoms with Gasteiger partial charge in [-0.25, -0.2) is 4.98 Å². The van der Waals surface area contributed by atoms with Gasteiger partial charge in [0, 0.05) is 6.04 Å². The smallest absolute Gasteiger partial charge is 0.224 e. The quantitative estimate of drug-likeness (QED) is 0.805. The van der Waals surface area contributed by atoms with E-state index in [1.807, 2.05) is 12.1 Å². The van der Waals surface area contributed by atoms with Gasteiger partial charge in [0.25, 0.3) is 0 Å². The molecule has 0 bridgehead atoms. The Hall–Kier alpha value is -1.26. The van der Waals surface area contributed by atoms with E-state index in [4.69, 9.17) is 27.6 Å². The molecule has 1 aliphatic carbocycles. The molecule has 1 fully saturated rings. The van der Waals surface area contributed by atoms with Crippen LogP contribution in [-0.4, -0.2) is 16.0 Å². The van der Waals surface area contributed by atoms with E-state index >= 15 is 0 Å². The number of rotatable bonds is 4. The Balaban J connectivity index is 1.91. The standard InChI is InChI=1S/C12H11Cl2N3O/c13-10-6-15-12(14)16-11(10)17(8-3-4-8)7-9-2-1-5-18-9/h1-2,5-6,8H,3-4,7H2. The van der Waals surface area contributed by atoms with Crippen LogP contribution in [0.3, 0.4) is 0 Å². The first kappa shape index (κ1) is 11.8. The van der Waals surface area contributed by atoms with Crippen molar-refractivity contribution in [3.63, 3.8) is 0 Å². The van der Waals surface area contributed by atoms with Crippen molar-refractivity contribution >= 4 is 29.0 Å². The second-order valence-electron chi connectivity index (χ2n) is 4.25. The fraction of sp³-hybridized carbons (Fsp3) is 0.333. The van der Waals surface area contributed by atoms with Gasteiger partial charge in [0.2, 0.25) is 5.28 Å². The minimum atomic E-state index is 0.208. The number of hydrogen-bond donors (Lipinski definition) is 0. The zero-order valence-corrected chi connectivity index (χ0v) is 11.0. The molecule has 1 saturated carbocycles. The lowest BCUT2D eigenvalue weighted by Gasteiger charge is -2.23. The molecule has 18 heavy (non-hydrogen) atoms. The van der Waals surface area contributed by atoms with Gasteiger partial charge in [-0.05, 0) is 36.6 Å². The van der Waals surface area contributed by atoms with E-state index in [1.54, 1.807) is 6.26 Å². The van der Waals surface area contributed by atoms with Crippen molar-refractivity contribution in [2.75, 3.05) is 4.90 Å². The summed E-state index contributed by atoms with van der Waals surface area (Å²) >= 11 is 12.0. The van der Waals surface area contributed by atoms with Crippen molar-refractivity contribution in [1.82, 2.24) is 9.97 Å². The molecule has 0 aromatic carbocycles. The molecular formula is C12H11Cl2N3O. The predicted octanol–water partition coefficient (Wildman–Crippen LogP) is 3.55. The minimum Gasteiger partial charge on any atom is -0.467 e. The molecule has 0 amide bonds. The summed E-state index contributed by atoms with van der Waals surface area (Å²) in [4.78, 5) is 10.2. The van der Waals surface area contributed by atoms with Crippen molar-refractivity contribution < 1.29 is 4.42 Å². The lowest BCUT2D eigenvalue weighted by molar-refractivity contribution is 0.500. The highest BCUT2D eigenvalue weighted by Gasteiger charge is 2.32. The molecule has 4 nitrogen and oxygen atoms in total. The molecule has 0 spiro atoms. The highest BCUT2D eigenvalue weighted by atomic mass is 35.5. The maximum Gasteiger partial charge on any atom is 0.224 e. The Bertz CT molecular complexity index is 540. The molecule has 3 rings (SSSR count). The number of hydrogen-bond acceptors (Lipinski definition) is 4. The van der Waals surface area contributed by atoms with E-state index < -0.39 is 0 Å². The molecule has 2 heterocycles. The second kappa shape index (κ2) is 4.78. The van der Waals surface area contributed by atoms with Crippen molar-refractivity contribution in [2.45, 2.75) is 25.4 Å². The molecule has 2 aromatic rings. The van der Waals surface area contributed by atoms with E-state index in [9.17, 15) is 0 Å². The van der Waals surface area contributed by atoms with Gasteiger partial charge in [-0.15, -0.1) is 0 Å². The molecule has 2 aromatic heterocycles. The largest absolute Gasteiger partial charge is 0.467 e. The van der Waals surface area contributed by atoms with E-state index in [2.05, 4.69) is 14.9 Å². The van der Waals surface area contributed by atoms with Crippen LogP contribution in [0.2, 0.25) is 10.3 Å². The molecule has 0 atom stereocenters. The predicted molar refractivity (Wildman–Crippen MR) is 70.0 cm³/mol. The zero-order chi connectivity index (χ0) is 12.5. The normalized spacial score (nSPS) is 14.8. The van der Waals surface area contributed by atoms with Gasteiger partial charge in [0.05, 0.1) is 19.0 Å². The lowest BCUT2D eigenvalue weighted by atomic mass is 10.3. The summed E-state index contributed by atoms with van der Waals surface area (Å²) in [6.45, 7) is 0.644. The van der Waals surface area contributed by atoms with Gasteiger partial charge in [0.1, 0.15) is 10.8 Å². The number of nitrogens with zero attached hydrogens (tertiary/aromatic N) is 3. The molecule has 0 N–H and O–H groups in total. The van der Waals surface area contributed by atoms with Crippen LogP contribution in [-0.2, 0) is 6.54 Å². The molecular weight excluding hydrogens is 273 g/mol. The molecule has 0 saturated heterocycles. The average molecular weight is 284 g/mol. The molecule has 1 aliphatic rings. The van der Waals surface area contributed by atoms with Gasteiger partial charge >= 0.3 is 0 Å². The van der Waals surface area contributed by atoms with Crippen molar-refractivity contribution in [2.24, 2.45) is 0 Å². The van der Waals surface area contributed by atoms with Gasteiger partial charge in [-0.1, -0.05) is 11.6 Å². The Kier molecular flexibility index (Phi) is 3.14. The molecule has 0 aliphatic heterocycles. The topological polar surface area (TPSA) is 42.2 Å². The van der Waals surface area contributed by atoms with Crippen LogP contribution in [0.5, 0.6) is 0 Å². The second-order valence-corrected chi connectivity index (χ2v) is 4.99. The van der Waals surface area contributed by atoms with Crippen molar-refractivity contribution in [3.05, 3.63) is 40.7 Å². The van der Waals surface area contributed by atoms with Crippen molar-refractivity contribution in [1.29, 1.82) is 0 Å². The zero-order valence-electron chi connectivity index (χ0n) is 9.51. The number of halogens is 2. The van der Waals surface area contributed by atoms with Crippen LogP contribution in [0.1, 0.15) is 18.6 Å². The Morgan fingerprint density at radius 2 is 2.22 bits per heavy atom. The van der Waals surface area contributed by atoms with Gasteiger partial charge in [-0.2, -0.15) is 4.98 Å². The molecule has 0 unspecified atom stereocenters. The van der Waals surface area contributed by atoms with E-state index in [-0.39, 0.29) is 5.28 Å². The Morgan fingerprint density at radius 3 is 2.89 bits per heavy atom. The van der Waals surface area contributed by atoms with Crippen LogP contribution >= 0.6 is 23.2 Å². The van der Waals surface area contributed by atoms with Gasteiger partial charge in [0.15, 0.2) is 5.82 Å². The third-order valence-electron chi connectivity index (χ3n) is 2.86. The van der Waals surface area contributed by atoms with Crippen LogP contribution in [0.25, 0.3) is 0 Å². The highest BCUT2D eigenvalue weighted by Crippen LogP contribution is 2.35. The monoisotopic (exact) mass is 283 g/mol. The fourth-order valence-electron chi connectivity index (χ4n) is 1.87. The SMILES string of the molecule is Clc1ncc(Cl)c(N(Cc2ccco2)C2CC2)n1. The molecule has 6 heteroatoms. The summed E-state index contributed by atoms with van der Waals surface area (Å²) in [5.74, 6) is 1.56. The number of aromatic nitrogens is 2. The third kappa shape index (κ3) is 2.44. The number of furan rings is 1. The summed E-state index contributed by atoms with van der Waals surface area (Å²) < 4.78 is 5.37. The van der Waals surface area contributed by atoms with E-state index in [0.717, 1.165) is 18.6 Å². The highest BCUT2D eigenvalue weighted by molar-refractivity contribution is 6.33. The van der Waals surface area contributed by atoms with Gasteiger partial charge in [-0.3, -0.25) is 0 Å². The lowest BCUT2D eigenvalue weighted by Crippen LogP contribution is -2.26. The average Bonchev–Trinajstić information content (AvgIpc) is 3.07. The van der Waals surface area contributed by atoms with E-state index in [1.165, 1.54) is 6.20 Å². The summed E-state index contributed by atoms with van der Waals surface area (Å²) in [6.07, 6.45) is 5.47. The first-order chi connectivity index (χ1) is 8.74. The summed E-state index contributed by atoms with van der Waals surface area (Å²) in [5, 5.41) is 0.720. The molecule has 0 radical (unpaired) electrons. The Morgan fingerprint density at radius 1 is 1.39 bits per heavy atom. The summed E-state index contributed by atoms with van der Waals surface area (Å²) in [5.41, 5.74) is 0. The first-order valence-corrected chi connectivity index (χ1v) is 6.46. The van der Waals surface area contributed by atoms with Crippen LogP contribution in [0.15, 0.2) is 29.0 Å². The van der Waals surface area contributed by atoms with Crippen molar-refractivity contribution in [3.8, 4) is 0 Å². The van der Waals surface area contributed by atoms with Crippen LogP contribution in [0.4, 0.5) is 5.82 Å². The maximum absolute atomic E-state index is 6.15. The van der Waals surface area contributed by atoms with Crippen LogP contribution in [0, 0.1) is 0 Å². The Labute approximate surface area is 115 Å². The maximum atomic E-state index is 6.15. The van der Waals surface area contributed by atoms with Crippen LogP contribution < -0.4 is 4.90 Å². The number of anilines is 1.